The van der Waals surface area contributed by atoms with Crippen LogP contribution in [-0.2, 0) is 0 Å². The predicted octanol–water partition coefficient (Wildman–Crippen LogP) is 2.26. The first-order valence-electron chi connectivity index (χ1n) is 5.11. The van der Waals surface area contributed by atoms with Crippen molar-refractivity contribution in [2.24, 2.45) is 0 Å². The summed E-state index contributed by atoms with van der Waals surface area (Å²) in [6.07, 6.45) is 2.27. The van der Waals surface area contributed by atoms with E-state index < -0.39 is 5.92 Å². The maximum absolute atomic E-state index is 13.2. The van der Waals surface area contributed by atoms with Crippen LogP contribution in [0.5, 0.6) is 0 Å². The van der Waals surface area contributed by atoms with Crippen molar-refractivity contribution in [3.05, 3.63) is 40.9 Å². The van der Waals surface area contributed by atoms with Crippen LogP contribution < -0.4 is 10.6 Å². The summed E-state index contributed by atoms with van der Waals surface area (Å²) in [4.78, 5) is 4.24. The van der Waals surface area contributed by atoms with Gasteiger partial charge in [0.05, 0.1) is 10.9 Å². The summed E-state index contributed by atoms with van der Waals surface area (Å²) in [6.45, 7) is 0. The SMILES string of the molecule is Cl.FC1(F)C=c2nc3ccccc3cc2=CC1. The summed E-state index contributed by atoms with van der Waals surface area (Å²) in [7, 11) is 0. The lowest BCUT2D eigenvalue weighted by atomic mass is 10.1. The molecule has 0 saturated carbocycles. The molecule has 2 aromatic rings. The van der Waals surface area contributed by atoms with E-state index in [4.69, 9.17) is 0 Å². The van der Waals surface area contributed by atoms with E-state index >= 15 is 0 Å². The molecule has 0 aliphatic heterocycles. The van der Waals surface area contributed by atoms with E-state index in [1.54, 1.807) is 6.08 Å². The van der Waals surface area contributed by atoms with Crippen LogP contribution in [0, 0.1) is 0 Å². The van der Waals surface area contributed by atoms with Crippen molar-refractivity contribution in [1.29, 1.82) is 0 Å². The first-order chi connectivity index (χ1) is 7.64. The lowest BCUT2D eigenvalue weighted by Crippen LogP contribution is -2.35. The third-order valence-corrected chi connectivity index (χ3v) is 2.73. The Bertz CT molecular complexity index is 679. The number of hydrogen-bond donors (Lipinski definition) is 0. The molecular formula is C13H10ClF2N. The molecule has 1 aliphatic carbocycles. The molecule has 0 amide bonds. The quantitative estimate of drug-likeness (QED) is 0.702. The molecule has 1 heterocycles. The Morgan fingerprint density at radius 1 is 1.18 bits per heavy atom. The number of fused-ring (bicyclic) bond motifs is 2. The van der Waals surface area contributed by atoms with Gasteiger partial charge in [0.2, 0.25) is 0 Å². The van der Waals surface area contributed by atoms with Gasteiger partial charge < -0.3 is 0 Å². The summed E-state index contributed by atoms with van der Waals surface area (Å²) in [5.41, 5.74) is 0.753. The maximum Gasteiger partial charge on any atom is 0.272 e. The Morgan fingerprint density at radius 2 is 1.94 bits per heavy atom. The Hall–Kier alpha value is -1.48. The highest BCUT2D eigenvalue weighted by atomic mass is 35.5. The highest BCUT2D eigenvalue weighted by Crippen LogP contribution is 2.21. The lowest BCUT2D eigenvalue weighted by molar-refractivity contribution is 0.0795. The zero-order valence-electron chi connectivity index (χ0n) is 8.86. The molecule has 1 aromatic carbocycles. The minimum absolute atomic E-state index is 0. The fourth-order valence-corrected chi connectivity index (χ4v) is 1.93. The Balaban J connectivity index is 0.00000108. The van der Waals surface area contributed by atoms with Crippen LogP contribution >= 0.6 is 12.4 Å². The van der Waals surface area contributed by atoms with Crippen molar-refractivity contribution in [3.63, 3.8) is 0 Å². The van der Waals surface area contributed by atoms with Crippen molar-refractivity contribution in [2.45, 2.75) is 12.3 Å². The number of pyridine rings is 1. The minimum Gasteiger partial charge on any atom is -0.248 e. The molecule has 1 aromatic heterocycles. The molecule has 0 spiro atoms. The van der Waals surface area contributed by atoms with E-state index in [-0.39, 0.29) is 18.8 Å². The summed E-state index contributed by atoms with van der Waals surface area (Å²) < 4.78 is 26.3. The van der Waals surface area contributed by atoms with Gasteiger partial charge in [0.1, 0.15) is 0 Å². The zero-order valence-corrected chi connectivity index (χ0v) is 9.68. The number of alkyl halides is 2. The molecule has 0 bridgehead atoms. The van der Waals surface area contributed by atoms with Crippen LogP contribution in [0.2, 0.25) is 0 Å². The number of rotatable bonds is 0. The molecule has 0 atom stereocenters. The molecule has 0 N–H and O–H groups in total. The molecule has 17 heavy (non-hydrogen) atoms. The summed E-state index contributed by atoms with van der Waals surface area (Å²) in [6, 6.07) is 9.44. The summed E-state index contributed by atoms with van der Waals surface area (Å²) in [5.74, 6) is -2.76. The van der Waals surface area contributed by atoms with Crippen LogP contribution in [0.25, 0.3) is 23.1 Å². The van der Waals surface area contributed by atoms with E-state index in [1.807, 2.05) is 30.3 Å². The van der Waals surface area contributed by atoms with Gasteiger partial charge in [-0.1, -0.05) is 24.3 Å². The second-order valence-corrected chi connectivity index (χ2v) is 3.97. The van der Waals surface area contributed by atoms with E-state index in [9.17, 15) is 8.78 Å². The smallest absolute Gasteiger partial charge is 0.248 e. The van der Waals surface area contributed by atoms with Gasteiger partial charge in [0.25, 0.3) is 5.92 Å². The monoisotopic (exact) mass is 253 g/mol. The van der Waals surface area contributed by atoms with Crippen LogP contribution in [0.3, 0.4) is 0 Å². The number of nitrogens with zero attached hydrogens (tertiary/aromatic N) is 1. The third kappa shape index (κ3) is 2.15. The number of aromatic nitrogens is 1. The zero-order chi connectivity index (χ0) is 11.2. The second kappa shape index (κ2) is 4.08. The fraction of sp³-hybridized carbons (Fsp3) is 0.154. The van der Waals surface area contributed by atoms with Gasteiger partial charge in [-0.25, -0.2) is 13.8 Å². The summed E-state index contributed by atoms with van der Waals surface area (Å²) in [5, 5.41) is 2.16. The van der Waals surface area contributed by atoms with Crippen molar-refractivity contribution in [1.82, 2.24) is 4.98 Å². The van der Waals surface area contributed by atoms with Crippen molar-refractivity contribution in [3.8, 4) is 0 Å². The molecule has 4 heteroatoms. The Labute approximate surface area is 103 Å². The van der Waals surface area contributed by atoms with Crippen LogP contribution in [0.1, 0.15) is 6.42 Å². The van der Waals surface area contributed by atoms with E-state index in [0.29, 0.717) is 5.35 Å². The van der Waals surface area contributed by atoms with Crippen LogP contribution in [0.4, 0.5) is 8.78 Å². The molecule has 3 rings (SSSR count). The minimum atomic E-state index is -2.76. The molecule has 0 radical (unpaired) electrons. The fourth-order valence-electron chi connectivity index (χ4n) is 1.93. The average molecular weight is 254 g/mol. The number of halogens is 3. The Morgan fingerprint density at radius 3 is 2.76 bits per heavy atom. The van der Waals surface area contributed by atoms with Crippen LogP contribution in [-0.4, -0.2) is 10.9 Å². The first-order valence-corrected chi connectivity index (χ1v) is 5.11. The number of benzene rings is 1. The molecular weight excluding hydrogens is 244 g/mol. The third-order valence-electron chi connectivity index (χ3n) is 2.73. The van der Waals surface area contributed by atoms with Gasteiger partial charge in [-0.05, 0) is 17.4 Å². The van der Waals surface area contributed by atoms with Gasteiger partial charge in [-0.2, -0.15) is 0 Å². The van der Waals surface area contributed by atoms with Gasteiger partial charge in [-0.15, -0.1) is 12.4 Å². The van der Waals surface area contributed by atoms with Crippen LogP contribution in [0.15, 0.2) is 30.3 Å². The molecule has 0 unspecified atom stereocenters. The van der Waals surface area contributed by atoms with E-state index in [2.05, 4.69) is 4.98 Å². The lowest BCUT2D eigenvalue weighted by Gasteiger charge is -2.12. The van der Waals surface area contributed by atoms with Gasteiger partial charge >= 0.3 is 0 Å². The Kier molecular flexibility index (Phi) is 2.87. The number of para-hydroxylation sites is 1. The average Bonchev–Trinajstić information content (AvgIpc) is 2.25. The largest absolute Gasteiger partial charge is 0.272 e. The molecule has 0 saturated heterocycles. The van der Waals surface area contributed by atoms with Gasteiger partial charge in [-0.3, -0.25) is 0 Å². The topological polar surface area (TPSA) is 12.9 Å². The van der Waals surface area contributed by atoms with E-state index in [1.165, 1.54) is 0 Å². The standard InChI is InChI=1S/C13H9F2N.ClH/c14-13(15)6-5-10-7-9-3-1-2-4-11(9)16-12(10)8-13;/h1-5,7-8H,6H2;1H. The van der Waals surface area contributed by atoms with Crippen molar-refractivity contribution < 1.29 is 8.78 Å². The molecule has 1 aliphatic rings. The van der Waals surface area contributed by atoms with Gasteiger partial charge in [0.15, 0.2) is 0 Å². The second-order valence-electron chi connectivity index (χ2n) is 3.97. The predicted molar refractivity (Wildman–Crippen MR) is 66.7 cm³/mol. The number of hydrogen-bond acceptors (Lipinski definition) is 1. The molecule has 88 valence electrons. The maximum atomic E-state index is 13.2. The molecule has 0 fully saturated rings. The molecule has 1 nitrogen and oxygen atoms in total. The highest BCUT2D eigenvalue weighted by Gasteiger charge is 2.26. The van der Waals surface area contributed by atoms with Crippen molar-refractivity contribution in [2.75, 3.05) is 0 Å². The van der Waals surface area contributed by atoms with Crippen molar-refractivity contribution >= 4 is 35.5 Å². The normalized spacial score (nSPS) is 16.4. The van der Waals surface area contributed by atoms with Gasteiger partial charge in [0, 0.05) is 17.9 Å². The summed E-state index contributed by atoms with van der Waals surface area (Å²) >= 11 is 0. The first kappa shape index (κ1) is 12.0. The van der Waals surface area contributed by atoms with E-state index in [0.717, 1.165) is 22.2 Å². The highest BCUT2D eigenvalue weighted by molar-refractivity contribution is 5.85.